The van der Waals surface area contributed by atoms with E-state index in [1.807, 2.05) is 0 Å². The summed E-state index contributed by atoms with van der Waals surface area (Å²) >= 11 is 3.02. The van der Waals surface area contributed by atoms with Gasteiger partial charge >= 0.3 is 0 Å². The fourth-order valence-electron chi connectivity index (χ4n) is 1.25. The summed E-state index contributed by atoms with van der Waals surface area (Å²) in [5.74, 6) is -1.09. The second-order valence-corrected chi connectivity index (χ2v) is 6.68. The largest absolute Gasteiger partial charge is 0.396 e. The number of halogens is 3. The van der Waals surface area contributed by atoms with Gasteiger partial charge in [0.05, 0.1) is 10.2 Å². The predicted octanol–water partition coefficient (Wildman–Crippen LogP) is 3.40. The van der Waals surface area contributed by atoms with E-state index in [2.05, 4.69) is 15.9 Å². The Balaban J connectivity index is 0.000000217. The molecule has 0 radical (unpaired) electrons. The lowest BCUT2D eigenvalue weighted by Crippen LogP contribution is -2.03. The highest BCUT2D eigenvalue weighted by Gasteiger charge is 2.14. The molecule has 0 aliphatic carbocycles. The van der Waals surface area contributed by atoms with Crippen LogP contribution in [0.4, 0.5) is 14.5 Å². The first kappa shape index (κ1) is 16.6. The summed E-state index contributed by atoms with van der Waals surface area (Å²) < 4.78 is 47.6. The van der Waals surface area contributed by atoms with Crippen molar-refractivity contribution in [3.8, 4) is 0 Å². The van der Waals surface area contributed by atoms with Crippen molar-refractivity contribution in [2.75, 3.05) is 12.0 Å². The van der Waals surface area contributed by atoms with E-state index in [0.717, 1.165) is 6.26 Å². The number of anilines is 1. The van der Waals surface area contributed by atoms with Gasteiger partial charge in [-0.15, -0.1) is 0 Å². The SMILES string of the molecule is CS(=O)(=O)c1cccc(N)c1F.Fc1ccccc1Br. The van der Waals surface area contributed by atoms with Crippen LogP contribution in [0.3, 0.4) is 0 Å². The Labute approximate surface area is 124 Å². The quantitative estimate of drug-likeness (QED) is 0.789. The van der Waals surface area contributed by atoms with Crippen molar-refractivity contribution in [1.29, 1.82) is 0 Å². The van der Waals surface area contributed by atoms with Crippen LogP contribution in [0, 0.1) is 11.6 Å². The number of rotatable bonds is 1. The zero-order valence-corrected chi connectivity index (χ0v) is 12.9. The van der Waals surface area contributed by atoms with E-state index in [1.165, 1.54) is 24.3 Å². The van der Waals surface area contributed by atoms with Gasteiger partial charge in [0, 0.05) is 6.26 Å². The summed E-state index contributed by atoms with van der Waals surface area (Å²) in [5, 5.41) is 0. The van der Waals surface area contributed by atoms with E-state index in [0.29, 0.717) is 4.47 Å². The maximum atomic E-state index is 13.0. The molecule has 0 saturated heterocycles. The first-order valence-corrected chi connectivity index (χ1v) is 8.06. The fraction of sp³-hybridized carbons (Fsp3) is 0.0769. The van der Waals surface area contributed by atoms with Crippen molar-refractivity contribution in [1.82, 2.24) is 0 Å². The lowest BCUT2D eigenvalue weighted by atomic mass is 10.3. The van der Waals surface area contributed by atoms with Gasteiger partial charge in [-0.1, -0.05) is 18.2 Å². The van der Waals surface area contributed by atoms with Crippen molar-refractivity contribution >= 4 is 31.5 Å². The van der Waals surface area contributed by atoms with Crippen LogP contribution in [0.1, 0.15) is 0 Å². The Morgan fingerprint density at radius 3 is 2.05 bits per heavy atom. The minimum Gasteiger partial charge on any atom is -0.396 e. The average Bonchev–Trinajstić information content (AvgIpc) is 2.36. The molecule has 0 aliphatic heterocycles. The van der Waals surface area contributed by atoms with E-state index in [4.69, 9.17) is 5.73 Å². The Morgan fingerprint density at radius 1 is 1.05 bits per heavy atom. The summed E-state index contributed by atoms with van der Waals surface area (Å²) in [7, 11) is -3.51. The van der Waals surface area contributed by atoms with Crippen molar-refractivity contribution in [2.45, 2.75) is 4.90 Å². The number of hydrogen-bond acceptors (Lipinski definition) is 3. The summed E-state index contributed by atoms with van der Waals surface area (Å²) in [6, 6.07) is 10.4. The zero-order chi connectivity index (χ0) is 15.3. The third-order valence-corrected chi connectivity index (χ3v) is 3.97. The molecule has 2 rings (SSSR count). The minimum absolute atomic E-state index is 0.155. The van der Waals surface area contributed by atoms with Gasteiger partial charge in [-0.25, -0.2) is 17.2 Å². The third-order valence-electron chi connectivity index (χ3n) is 2.22. The molecule has 7 heteroatoms. The van der Waals surface area contributed by atoms with E-state index < -0.39 is 15.7 Å². The molecule has 0 heterocycles. The molecule has 0 saturated carbocycles. The number of benzene rings is 2. The van der Waals surface area contributed by atoms with Crippen LogP contribution in [0.2, 0.25) is 0 Å². The monoisotopic (exact) mass is 363 g/mol. The highest BCUT2D eigenvalue weighted by molar-refractivity contribution is 9.10. The van der Waals surface area contributed by atoms with Crippen LogP contribution in [0.25, 0.3) is 0 Å². The summed E-state index contributed by atoms with van der Waals surface area (Å²) in [6.07, 6.45) is 0.935. The number of nitrogens with two attached hydrogens (primary N) is 1. The van der Waals surface area contributed by atoms with Crippen LogP contribution in [-0.4, -0.2) is 14.7 Å². The van der Waals surface area contributed by atoms with Gasteiger partial charge in [0.15, 0.2) is 15.7 Å². The molecule has 2 aromatic carbocycles. The molecule has 20 heavy (non-hydrogen) atoms. The molecule has 0 aliphatic rings. The van der Waals surface area contributed by atoms with Crippen LogP contribution in [-0.2, 0) is 9.84 Å². The van der Waals surface area contributed by atoms with Crippen molar-refractivity contribution in [3.05, 3.63) is 58.6 Å². The molecule has 3 nitrogen and oxygen atoms in total. The molecular weight excluding hydrogens is 352 g/mol. The molecule has 0 spiro atoms. The smallest absolute Gasteiger partial charge is 0.178 e. The number of sulfone groups is 1. The molecule has 0 fully saturated rings. The van der Waals surface area contributed by atoms with E-state index in [-0.39, 0.29) is 16.4 Å². The maximum absolute atomic E-state index is 13.0. The molecule has 0 amide bonds. The maximum Gasteiger partial charge on any atom is 0.178 e. The lowest BCUT2D eigenvalue weighted by molar-refractivity contribution is 0.573. The highest BCUT2D eigenvalue weighted by atomic mass is 79.9. The highest BCUT2D eigenvalue weighted by Crippen LogP contribution is 2.18. The fourth-order valence-corrected chi connectivity index (χ4v) is 2.31. The topological polar surface area (TPSA) is 60.2 Å². The molecule has 108 valence electrons. The summed E-state index contributed by atoms with van der Waals surface area (Å²) in [4.78, 5) is -0.359. The second-order valence-electron chi connectivity index (χ2n) is 3.85. The first-order chi connectivity index (χ1) is 9.23. The second kappa shape index (κ2) is 6.81. The molecule has 2 N–H and O–H groups in total. The van der Waals surface area contributed by atoms with Crippen molar-refractivity contribution in [2.24, 2.45) is 0 Å². The van der Waals surface area contributed by atoms with Crippen LogP contribution in [0.15, 0.2) is 51.8 Å². The van der Waals surface area contributed by atoms with Gasteiger partial charge in [0.2, 0.25) is 0 Å². The number of nitrogen functional groups attached to an aromatic ring is 1. The summed E-state index contributed by atoms with van der Waals surface area (Å²) in [5.41, 5.74) is 5.02. The van der Waals surface area contributed by atoms with Gasteiger partial charge in [0.25, 0.3) is 0 Å². The van der Waals surface area contributed by atoms with Gasteiger partial charge in [-0.05, 0) is 40.2 Å². The van der Waals surface area contributed by atoms with Crippen molar-refractivity contribution < 1.29 is 17.2 Å². The third kappa shape index (κ3) is 4.57. The molecule has 0 aromatic heterocycles. The van der Waals surface area contributed by atoms with Gasteiger partial charge in [0.1, 0.15) is 10.7 Å². The summed E-state index contributed by atoms with van der Waals surface area (Å²) in [6.45, 7) is 0. The zero-order valence-electron chi connectivity index (χ0n) is 10.5. The molecular formula is C13H12BrF2NO2S. The molecule has 0 bridgehead atoms. The Kier molecular flexibility index (Phi) is 5.64. The van der Waals surface area contributed by atoms with Crippen LogP contribution in [0.5, 0.6) is 0 Å². The van der Waals surface area contributed by atoms with Crippen molar-refractivity contribution in [3.63, 3.8) is 0 Å². The minimum atomic E-state index is -3.51. The molecule has 0 atom stereocenters. The van der Waals surface area contributed by atoms with Gasteiger partial charge in [-0.2, -0.15) is 0 Å². The average molecular weight is 364 g/mol. The van der Waals surface area contributed by atoms with E-state index in [9.17, 15) is 17.2 Å². The Morgan fingerprint density at radius 2 is 1.65 bits per heavy atom. The van der Waals surface area contributed by atoms with E-state index >= 15 is 0 Å². The van der Waals surface area contributed by atoms with Gasteiger partial charge < -0.3 is 5.73 Å². The Bertz CT molecular complexity index is 684. The van der Waals surface area contributed by atoms with Crippen LogP contribution >= 0.6 is 15.9 Å². The first-order valence-electron chi connectivity index (χ1n) is 5.37. The lowest BCUT2D eigenvalue weighted by Gasteiger charge is -2.01. The molecule has 2 aromatic rings. The normalized spacial score (nSPS) is 10.6. The van der Waals surface area contributed by atoms with E-state index in [1.54, 1.807) is 18.2 Å². The molecule has 0 unspecified atom stereocenters. The number of hydrogen-bond donors (Lipinski definition) is 1. The standard InChI is InChI=1S/C7H8FNO2S.C6H4BrF/c1-12(10,11)6-4-2-3-5(9)7(6)8;7-5-3-1-2-4-6(5)8/h2-4H,9H2,1H3;1-4H. The van der Waals surface area contributed by atoms with Gasteiger partial charge in [-0.3, -0.25) is 0 Å². The Hall–Kier alpha value is -1.47. The predicted molar refractivity (Wildman–Crippen MR) is 78.0 cm³/mol. The van der Waals surface area contributed by atoms with Crippen LogP contribution < -0.4 is 5.73 Å².